The SMILES string of the molecule is CNC(=O)Cc1ccc(NC(=O)c2ccc(OCCC(C)C)c(Br)c2)cc1. The van der Waals surface area contributed by atoms with Crippen LogP contribution in [0.3, 0.4) is 0 Å². The van der Waals surface area contributed by atoms with E-state index in [0.717, 1.165) is 22.2 Å². The number of nitrogens with one attached hydrogen (secondary N) is 2. The van der Waals surface area contributed by atoms with Crippen molar-refractivity contribution in [2.24, 2.45) is 5.92 Å². The Morgan fingerprint density at radius 3 is 2.41 bits per heavy atom. The molecule has 0 radical (unpaired) electrons. The van der Waals surface area contributed by atoms with Gasteiger partial charge in [0.05, 0.1) is 17.5 Å². The normalized spacial score (nSPS) is 10.6. The smallest absolute Gasteiger partial charge is 0.255 e. The molecule has 0 bridgehead atoms. The molecule has 144 valence electrons. The molecule has 27 heavy (non-hydrogen) atoms. The second-order valence-corrected chi connectivity index (χ2v) is 7.53. The van der Waals surface area contributed by atoms with E-state index in [2.05, 4.69) is 40.4 Å². The van der Waals surface area contributed by atoms with Crippen LogP contribution in [0.25, 0.3) is 0 Å². The van der Waals surface area contributed by atoms with Crippen molar-refractivity contribution in [3.63, 3.8) is 0 Å². The monoisotopic (exact) mass is 432 g/mol. The van der Waals surface area contributed by atoms with Gasteiger partial charge in [0.25, 0.3) is 5.91 Å². The fourth-order valence-electron chi connectivity index (χ4n) is 2.35. The summed E-state index contributed by atoms with van der Waals surface area (Å²) in [6, 6.07) is 12.5. The number of carbonyl (C=O) groups excluding carboxylic acids is 2. The van der Waals surface area contributed by atoms with Gasteiger partial charge < -0.3 is 15.4 Å². The second-order valence-electron chi connectivity index (χ2n) is 6.68. The first kappa shape index (κ1) is 21.0. The van der Waals surface area contributed by atoms with Crippen molar-refractivity contribution in [1.29, 1.82) is 0 Å². The van der Waals surface area contributed by atoms with E-state index in [9.17, 15) is 9.59 Å². The molecule has 0 unspecified atom stereocenters. The number of carbonyl (C=O) groups is 2. The molecule has 0 heterocycles. The molecule has 6 heteroatoms. The quantitative estimate of drug-likeness (QED) is 0.648. The molecule has 0 aliphatic heterocycles. The van der Waals surface area contributed by atoms with Crippen molar-refractivity contribution in [3.8, 4) is 5.75 Å². The number of benzene rings is 2. The Kier molecular flexibility index (Phi) is 7.85. The highest BCUT2D eigenvalue weighted by Gasteiger charge is 2.10. The van der Waals surface area contributed by atoms with Gasteiger partial charge >= 0.3 is 0 Å². The van der Waals surface area contributed by atoms with Crippen LogP contribution < -0.4 is 15.4 Å². The van der Waals surface area contributed by atoms with E-state index in [1.54, 1.807) is 37.4 Å². The van der Waals surface area contributed by atoms with Crippen LogP contribution in [0.1, 0.15) is 36.2 Å². The van der Waals surface area contributed by atoms with Crippen LogP contribution in [-0.4, -0.2) is 25.5 Å². The summed E-state index contributed by atoms with van der Waals surface area (Å²) in [4.78, 5) is 23.8. The molecular weight excluding hydrogens is 408 g/mol. The fraction of sp³-hybridized carbons (Fsp3) is 0.333. The summed E-state index contributed by atoms with van der Waals surface area (Å²) in [5, 5.41) is 5.44. The number of amides is 2. The first-order chi connectivity index (χ1) is 12.9. The molecule has 0 fully saturated rings. The Balaban J connectivity index is 1.97. The van der Waals surface area contributed by atoms with E-state index in [4.69, 9.17) is 4.74 Å². The molecule has 0 aromatic heterocycles. The third-order valence-corrected chi connectivity index (χ3v) is 4.62. The lowest BCUT2D eigenvalue weighted by atomic mass is 10.1. The molecule has 2 N–H and O–H groups in total. The van der Waals surface area contributed by atoms with E-state index in [0.29, 0.717) is 30.2 Å². The molecule has 2 amide bonds. The fourth-order valence-corrected chi connectivity index (χ4v) is 2.84. The largest absolute Gasteiger partial charge is 0.492 e. The molecule has 2 aromatic rings. The molecule has 0 aliphatic rings. The van der Waals surface area contributed by atoms with Crippen molar-refractivity contribution in [2.45, 2.75) is 26.7 Å². The average molecular weight is 433 g/mol. The van der Waals surface area contributed by atoms with Gasteiger partial charge in [-0.2, -0.15) is 0 Å². The van der Waals surface area contributed by atoms with E-state index in [1.807, 2.05) is 12.1 Å². The zero-order valence-corrected chi connectivity index (χ0v) is 17.4. The Bertz CT molecular complexity index is 789. The lowest BCUT2D eigenvalue weighted by Crippen LogP contribution is -2.19. The van der Waals surface area contributed by atoms with Crippen molar-refractivity contribution >= 4 is 33.4 Å². The van der Waals surface area contributed by atoms with Gasteiger partial charge in [-0.1, -0.05) is 26.0 Å². The van der Waals surface area contributed by atoms with Crippen LogP contribution in [0, 0.1) is 5.92 Å². The van der Waals surface area contributed by atoms with E-state index in [1.165, 1.54) is 0 Å². The molecule has 0 saturated carbocycles. The summed E-state index contributed by atoms with van der Waals surface area (Å²) in [6.45, 7) is 4.94. The molecular formula is C21H25BrN2O3. The highest BCUT2D eigenvalue weighted by molar-refractivity contribution is 9.10. The standard InChI is InChI=1S/C21H25BrN2O3/c1-14(2)10-11-27-19-9-6-16(13-18(19)22)21(26)24-17-7-4-15(5-8-17)12-20(25)23-3/h4-9,13-14H,10-12H2,1-3H3,(H,23,25)(H,24,26). The predicted octanol–water partition coefficient (Wildman–Crippen LogP) is 4.41. The predicted molar refractivity (Wildman–Crippen MR) is 111 cm³/mol. The van der Waals surface area contributed by atoms with Crippen LogP contribution in [-0.2, 0) is 11.2 Å². The summed E-state index contributed by atoms with van der Waals surface area (Å²) in [7, 11) is 1.61. The first-order valence-corrected chi connectivity index (χ1v) is 9.71. The minimum atomic E-state index is -0.205. The van der Waals surface area contributed by atoms with Gasteiger partial charge in [0, 0.05) is 18.3 Å². The Morgan fingerprint density at radius 1 is 1.11 bits per heavy atom. The lowest BCUT2D eigenvalue weighted by molar-refractivity contribution is -0.119. The van der Waals surface area contributed by atoms with Gasteiger partial charge in [0.2, 0.25) is 5.91 Å². The van der Waals surface area contributed by atoms with Crippen LogP contribution in [0.15, 0.2) is 46.9 Å². The number of anilines is 1. The lowest BCUT2D eigenvalue weighted by Gasteiger charge is -2.11. The molecule has 0 saturated heterocycles. The van der Waals surface area contributed by atoms with Gasteiger partial charge in [0.1, 0.15) is 5.75 Å². The van der Waals surface area contributed by atoms with Gasteiger partial charge in [-0.05, 0) is 64.2 Å². The second kappa shape index (κ2) is 10.1. The van der Waals surface area contributed by atoms with E-state index in [-0.39, 0.29) is 11.8 Å². The van der Waals surface area contributed by atoms with Crippen LogP contribution in [0.5, 0.6) is 5.75 Å². The van der Waals surface area contributed by atoms with Gasteiger partial charge in [-0.15, -0.1) is 0 Å². The van der Waals surface area contributed by atoms with Crippen LogP contribution in [0.4, 0.5) is 5.69 Å². The first-order valence-electron chi connectivity index (χ1n) is 8.92. The number of hydrogen-bond acceptors (Lipinski definition) is 3. The summed E-state index contributed by atoms with van der Waals surface area (Å²) in [5.41, 5.74) is 2.10. The number of ether oxygens (including phenoxy) is 1. The highest BCUT2D eigenvalue weighted by atomic mass is 79.9. The van der Waals surface area contributed by atoms with Crippen LogP contribution in [0.2, 0.25) is 0 Å². The molecule has 2 aromatic carbocycles. The maximum absolute atomic E-state index is 12.5. The number of rotatable bonds is 8. The van der Waals surface area contributed by atoms with E-state index < -0.39 is 0 Å². The molecule has 0 atom stereocenters. The van der Waals surface area contributed by atoms with Gasteiger partial charge in [0.15, 0.2) is 0 Å². The molecule has 0 aliphatic carbocycles. The maximum Gasteiger partial charge on any atom is 0.255 e. The number of halogens is 1. The van der Waals surface area contributed by atoms with Crippen molar-refractivity contribution in [1.82, 2.24) is 5.32 Å². The zero-order valence-electron chi connectivity index (χ0n) is 15.8. The summed E-state index contributed by atoms with van der Waals surface area (Å²) < 4.78 is 6.49. The minimum absolute atomic E-state index is 0.0488. The number of hydrogen-bond donors (Lipinski definition) is 2. The Labute approximate surface area is 168 Å². The Morgan fingerprint density at radius 2 is 1.81 bits per heavy atom. The molecule has 0 spiro atoms. The maximum atomic E-state index is 12.5. The third kappa shape index (κ3) is 6.71. The highest BCUT2D eigenvalue weighted by Crippen LogP contribution is 2.27. The Hall–Kier alpha value is -2.34. The average Bonchev–Trinajstić information content (AvgIpc) is 2.64. The molecule has 2 rings (SSSR count). The molecule has 5 nitrogen and oxygen atoms in total. The zero-order chi connectivity index (χ0) is 19.8. The summed E-state index contributed by atoms with van der Waals surface area (Å²) >= 11 is 3.46. The van der Waals surface area contributed by atoms with Gasteiger partial charge in [-0.25, -0.2) is 0 Å². The van der Waals surface area contributed by atoms with Crippen molar-refractivity contribution < 1.29 is 14.3 Å². The number of likely N-dealkylation sites (N-methyl/N-ethyl adjacent to an activating group) is 1. The summed E-state index contributed by atoms with van der Waals surface area (Å²) in [6.07, 6.45) is 1.29. The van der Waals surface area contributed by atoms with Gasteiger partial charge in [-0.3, -0.25) is 9.59 Å². The van der Waals surface area contributed by atoms with Crippen molar-refractivity contribution in [2.75, 3.05) is 19.0 Å². The summed E-state index contributed by atoms with van der Waals surface area (Å²) in [5.74, 6) is 1.05. The third-order valence-electron chi connectivity index (χ3n) is 4.00. The van der Waals surface area contributed by atoms with Crippen LogP contribution >= 0.6 is 15.9 Å². The minimum Gasteiger partial charge on any atom is -0.492 e. The van der Waals surface area contributed by atoms with E-state index >= 15 is 0 Å². The van der Waals surface area contributed by atoms with Crippen molar-refractivity contribution in [3.05, 3.63) is 58.1 Å². The topological polar surface area (TPSA) is 67.4 Å².